The maximum absolute atomic E-state index is 2.68. The molecule has 1 saturated heterocycles. The van der Waals surface area contributed by atoms with Crippen LogP contribution in [-0.4, -0.2) is 42.5 Å². The van der Waals surface area contributed by atoms with Crippen LogP contribution >= 0.6 is 0 Å². The van der Waals surface area contributed by atoms with E-state index in [1.807, 2.05) is 0 Å². The molecule has 0 amide bonds. The van der Waals surface area contributed by atoms with Crippen molar-refractivity contribution in [2.45, 2.75) is 32.7 Å². The number of aryl methyl sites for hydroxylation is 1. The molecule has 1 aliphatic heterocycles. The first-order chi connectivity index (χ1) is 10.3. The molecule has 2 aliphatic rings. The van der Waals surface area contributed by atoms with Crippen LogP contribution in [0.1, 0.15) is 30.4 Å². The van der Waals surface area contributed by atoms with Gasteiger partial charge in [0.1, 0.15) is 0 Å². The van der Waals surface area contributed by atoms with E-state index in [1.165, 1.54) is 63.1 Å². The van der Waals surface area contributed by atoms with Crippen LogP contribution in [0.3, 0.4) is 0 Å². The Kier molecular flexibility index (Phi) is 5.10. The molecule has 0 saturated carbocycles. The summed E-state index contributed by atoms with van der Waals surface area (Å²) in [6.45, 7) is 9.52. The average Bonchev–Trinajstić information content (AvgIpc) is 2.50. The van der Waals surface area contributed by atoms with Gasteiger partial charge in [-0.15, -0.1) is 0 Å². The zero-order valence-corrected chi connectivity index (χ0v) is 13.3. The Labute approximate surface area is 129 Å². The molecule has 0 N–H and O–H groups in total. The first kappa shape index (κ1) is 14.8. The number of rotatable bonds is 4. The molecule has 0 spiro atoms. The molecular formula is C19H28N2. The highest BCUT2D eigenvalue weighted by Gasteiger charge is 2.20. The topological polar surface area (TPSA) is 6.48 Å². The number of hydrogen-bond acceptors (Lipinski definition) is 2. The fourth-order valence-electron chi connectivity index (χ4n) is 3.59. The molecule has 2 nitrogen and oxygen atoms in total. The molecule has 1 aromatic rings. The number of benzene rings is 1. The van der Waals surface area contributed by atoms with Crippen LogP contribution in [0.15, 0.2) is 36.4 Å². The van der Waals surface area contributed by atoms with Gasteiger partial charge in [-0.1, -0.05) is 42.0 Å². The Morgan fingerprint density at radius 1 is 1.05 bits per heavy atom. The molecule has 1 aromatic carbocycles. The van der Waals surface area contributed by atoms with E-state index in [9.17, 15) is 0 Å². The Balaban J connectivity index is 1.43. The molecule has 1 atom stereocenters. The van der Waals surface area contributed by atoms with Gasteiger partial charge >= 0.3 is 0 Å². The Hall–Kier alpha value is -1.12. The summed E-state index contributed by atoms with van der Waals surface area (Å²) < 4.78 is 0. The molecular weight excluding hydrogens is 256 g/mol. The molecule has 0 radical (unpaired) electrons. The van der Waals surface area contributed by atoms with Gasteiger partial charge in [0.25, 0.3) is 0 Å². The van der Waals surface area contributed by atoms with E-state index in [0.717, 1.165) is 12.5 Å². The Bertz CT molecular complexity index is 472. The molecule has 1 heterocycles. The fraction of sp³-hybridized carbons (Fsp3) is 0.579. The lowest BCUT2D eigenvalue weighted by Gasteiger charge is -2.36. The minimum absolute atomic E-state index is 0.901. The van der Waals surface area contributed by atoms with Crippen molar-refractivity contribution in [2.75, 3.05) is 32.7 Å². The summed E-state index contributed by atoms with van der Waals surface area (Å²) >= 11 is 0. The van der Waals surface area contributed by atoms with Crippen molar-refractivity contribution in [3.05, 3.63) is 47.5 Å². The fourth-order valence-corrected chi connectivity index (χ4v) is 3.59. The SMILES string of the molecule is Cc1cccc(CN2CCN(C[C@@H]3CC=CCC3)CC2)c1. The van der Waals surface area contributed by atoms with Crippen LogP contribution in [0.2, 0.25) is 0 Å². The normalized spacial score (nSPS) is 24.3. The van der Waals surface area contributed by atoms with Crippen molar-refractivity contribution < 1.29 is 0 Å². The van der Waals surface area contributed by atoms with E-state index in [4.69, 9.17) is 0 Å². The first-order valence-electron chi connectivity index (χ1n) is 8.45. The van der Waals surface area contributed by atoms with Gasteiger partial charge in [0, 0.05) is 39.3 Å². The second-order valence-corrected chi connectivity index (χ2v) is 6.72. The van der Waals surface area contributed by atoms with Gasteiger partial charge in [-0.3, -0.25) is 4.90 Å². The quantitative estimate of drug-likeness (QED) is 0.781. The summed E-state index contributed by atoms with van der Waals surface area (Å²) in [5.41, 5.74) is 2.83. The van der Waals surface area contributed by atoms with Crippen LogP contribution in [0.4, 0.5) is 0 Å². The number of allylic oxidation sites excluding steroid dienone is 2. The molecule has 0 aromatic heterocycles. The van der Waals surface area contributed by atoms with E-state index >= 15 is 0 Å². The number of piperazine rings is 1. The van der Waals surface area contributed by atoms with Gasteiger partial charge in [0.05, 0.1) is 0 Å². The summed E-state index contributed by atoms with van der Waals surface area (Å²) in [5.74, 6) is 0.901. The molecule has 0 bridgehead atoms. The highest BCUT2D eigenvalue weighted by Crippen LogP contribution is 2.20. The largest absolute Gasteiger partial charge is 0.301 e. The lowest BCUT2D eigenvalue weighted by molar-refractivity contribution is 0.111. The first-order valence-corrected chi connectivity index (χ1v) is 8.45. The zero-order chi connectivity index (χ0) is 14.5. The van der Waals surface area contributed by atoms with Crippen LogP contribution in [0.5, 0.6) is 0 Å². The van der Waals surface area contributed by atoms with Gasteiger partial charge in [-0.25, -0.2) is 0 Å². The Morgan fingerprint density at radius 2 is 1.86 bits per heavy atom. The van der Waals surface area contributed by atoms with E-state index in [0.29, 0.717) is 0 Å². The van der Waals surface area contributed by atoms with Crippen LogP contribution in [0.25, 0.3) is 0 Å². The van der Waals surface area contributed by atoms with Gasteiger partial charge < -0.3 is 4.90 Å². The van der Waals surface area contributed by atoms with Crippen molar-refractivity contribution >= 4 is 0 Å². The standard InChI is InChI=1S/C19H28N2/c1-17-6-5-9-19(14-17)16-21-12-10-20(11-13-21)15-18-7-3-2-4-8-18/h2-3,5-6,9,14,18H,4,7-8,10-13,15-16H2,1H3/t18-/m1/s1. The van der Waals surface area contributed by atoms with Crippen molar-refractivity contribution in [3.8, 4) is 0 Å². The molecule has 0 unspecified atom stereocenters. The second kappa shape index (κ2) is 7.24. The van der Waals surface area contributed by atoms with Gasteiger partial charge in [0.15, 0.2) is 0 Å². The average molecular weight is 284 g/mol. The van der Waals surface area contributed by atoms with E-state index in [-0.39, 0.29) is 0 Å². The van der Waals surface area contributed by atoms with Crippen molar-refractivity contribution in [3.63, 3.8) is 0 Å². The number of nitrogens with zero attached hydrogens (tertiary/aromatic N) is 2. The minimum atomic E-state index is 0.901. The van der Waals surface area contributed by atoms with Crippen molar-refractivity contribution in [2.24, 2.45) is 5.92 Å². The summed E-state index contributed by atoms with van der Waals surface area (Å²) in [6.07, 6.45) is 8.69. The summed E-state index contributed by atoms with van der Waals surface area (Å²) in [5, 5.41) is 0. The lowest BCUT2D eigenvalue weighted by atomic mass is 9.94. The maximum atomic E-state index is 2.68. The predicted octanol–water partition coefficient (Wildman–Crippen LogP) is 3.47. The Morgan fingerprint density at radius 3 is 2.57 bits per heavy atom. The monoisotopic (exact) mass is 284 g/mol. The second-order valence-electron chi connectivity index (χ2n) is 6.72. The van der Waals surface area contributed by atoms with E-state index < -0.39 is 0 Å². The summed E-state index contributed by atoms with van der Waals surface area (Å²) in [7, 11) is 0. The van der Waals surface area contributed by atoms with Gasteiger partial charge in [0.2, 0.25) is 0 Å². The molecule has 21 heavy (non-hydrogen) atoms. The number of hydrogen-bond donors (Lipinski definition) is 0. The van der Waals surface area contributed by atoms with Gasteiger partial charge in [-0.2, -0.15) is 0 Å². The van der Waals surface area contributed by atoms with Crippen LogP contribution in [0, 0.1) is 12.8 Å². The van der Waals surface area contributed by atoms with Crippen LogP contribution in [-0.2, 0) is 6.54 Å². The zero-order valence-electron chi connectivity index (χ0n) is 13.3. The van der Waals surface area contributed by atoms with Crippen LogP contribution < -0.4 is 0 Å². The molecule has 3 rings (SSSR count). The van der Waals surface area contributed by atoms with Gasteiger partial charge in [-0.05, 0) is 37.7 Å². The predicted molar refractivity (Wildman–Crippen MR) is 89.4 cm³/mol. The highest BCUT2D eigenvalue weighted by molar-refractivity contribution is 5.22. The third-order valence-electron chi connectivity index (χ3n) is 4.85. The summed E-state index contributed by atoms with van der Waals surface area (Å²) in [4.78, 5) is 5.28. The minimum Gasteiger partial charge on any atom is -0.301 e. The summed E-state index contributed by atoms with van der Waals surface area (Å²) in [6, 6.07) is 8.94. The smallest absolute Gasteiger partial charge is 0.0234 e. The third kappa shape index (κ3) is 4.42. The van der Waals surface area contributed by atoms with E-state index in [2.05, 4.69) is 53.1 Å². The van der Waals surface area contributed by atoms with Crippen molar-refractivity contribution in [1.82, 2.24) is 9.80 Å². The third-order valence-corrected chi connectivity index (χ3v) is 4.85. The highest BCUT2D eigenvalue weighted by atomic mass is 15.3. The maximum Gasteiger partial charge on any atom is 0.0234 e. The molecule has 114 valence electrons. The molecule has 2 heteroatoms. The molecule has 1 aliphatic carbocycles. The van der Waals surface area contributed by atoms with Crippen molar-refractivity contribution in [1.29, 1.82) is 0 Å². The van der Waals surface area contributed by atoms with E-state index in [1.54, 1.807) is 0 Å². The molecule has 1 fully saturated rings. The lowest BCUT2D eigenvalue weighted by Crippen LogP contribution is -2.47.